The van der Waals surface area contributed by atoms with Gasteiger partial charge >= 0.3 is 0 Å². The zero-order chi connectivity index (χ0) is 19.1. The van der Waals surface area contributed by atoms with Crippen LogP contribution in [0.1, 0.15) is 24.5 Å². The molecule has 0 saturated carbocycles. The fraction of sp³-hybridized carbons (Fsp3) is 0.300. The molecule has 0 spiro atoms. The molecular weight excluding hydrogens is 332 g/mol. The number of carbonyl (C=O) groups excluding carboxylic acids is 2. The van der Waals surface area contributed by atoms with E-state index in [4.69, 9.17) is 9.47 Å². The minimum absolute atomic E-state index is 0.272. The van der Waals surface area contributed by atoms with Gasteiger partial charge in [-0.05, 0) is 36.6 Å². The average molecular weight is 356 g/mol. The van der Waals surface area contributed by atoms with Gasteiger partial charge in [-0.1, -0.05) is 25.1 Å². The number of para-hydroxylation sites is 1. The zero-order valence-electron chi connectivity index (χ0n) is 15.5. The number of benzene rings is 2. The third-order valence-corrected chi connectivity index (χ3v) is 3.99. The second-order valence-corrected chi connectivity index (χ2v) is 5.81. The number of anilines is 2. The molecule has 6 heteroatoms. The lowest BCUT2D eigenvalue weighted by molar-refractivity contribution is -0.123. The van der Waals surface area contributed by atoms with Crippen molar-refractivity contribution in [3.63, 3.8) is 0 Å². The van der Waals surface area contributed by atoms with Crippen LogP contribution in [0.4, 0.5) is 11.4 Å². The summed E-state index contributed by atoms with van der Waals surface area (Å²) in [5, 5.41) is 5.54. The van der Waals surface area contributed by atoms with Gasteiger partial charge in [-0.25, -0.2) is 0 Å². The minimum Gasteiger partial charge on any atom is -0.493 e. The Hall–Kier alpha value is -3.02. The van der Waals surface area contributed by atoms with Gasteiger partial charge in [0, 0.05) is 17.4 Å². The van der Waals surface area contributed by atoms with Crippen molar-refractivity contribution in [2.45, 2.75) is 26.7 Å². The molecule has 2 aromatic carbocycles. The number of amides is 2. The van der Waals surface area contributed by atoms with E-state index in [1.807, 2.05) is 32.0 Å². The number of hydrogen-bond donors (Lipinski definition) is 2. The van der Waals surface area contributed by atoms with Crippen molar-refractivity contribution < 1.29 is 19.1 Å². The molecule has 138 valence electrons. The Morgan fingerprint density at radius 2 is 1.65 bits per heavy atom. The molecule has 26 heavy (non-hydrogen) atoms. The first-order valence-electron chi connectivity index (χ1n) is 8.38. The van der Waals surface area contributed by atoms with E-state index in [1.54, 1.807) is 18.2 Å². The summed E-state index contributed by atoms with van der Waals surface area (Å²) in [6.45, 7) is 3.95. The van der Waals surface area contributed by atoms with Gasteiger partial charge in [-0.3, -0.25) is 9.59 Å². The summed E-state index contributed by atoms with van der Waals surface area (Å²) in [5.74, 6) is 0.311. The smallest absolute Gasteiger partial charge is 0.233 e. The second-order valence-electron chi connectivity index (χ2n) is 5.81. The standard InChI is InChI=1S/C20H24N2O4/c1-5-14-8-6-7-13(2)20(14)22-19(24)12-18(23)21-15-9-10-16(25-3)17(11-15)26-4/h6-11H,5,12H2,1-4H3,(H,21,23)(H,22,24). The molecule has 0 aliphatic heterocycles. The first kappa shape index (κ1) is 19.3. The van der Waals surface area contributed by atoms with Gasteiger partial charge in [0.1, 0.15) is 6.42 Å². The van der Waals surface area contributed by atoms with Gasteiger partial charge in [0.2, 0.25) is 11.8 Å². The van der Waals surface area contributed by atoms with Gasteiger partial charge in [0.15, 0.2) is 11.5 Å². The molecule has 2 amide bonds. The lowest BCUT2D eigenvalue weighted by Gasteiger charge is -2.13. The monoisotopic (exact) mass is 356 g/mol. The maximum absolute atomic E-state index is 12.2. The molecular formula is C20H24N2O4. The highest BCUT2D eigenvalue weighted by Crippen LogP contribution is 2.29. The highest BCUT2D eigenvalue weighted by atomic mass is 16.5. The van der Waals surface area contributed by atoms with E-state index in [9.17, 15) is 9.59 Å². The average Bonchev–Trinajstić information content (AvgIpc) is 2.63. The predicted octanol–water partition coefficient (Wildman–Crippen LogP) is 3.54. The van der Waals surface area contributed by atoms with Crippen LogP contribution < -0.4 is 20.1 Å². The summed E-state index contributed by atoms with van der Waals surface area (Å²) in [6.07, 6.45) is 0.529. The van der Waals surface area contributed by atoms with Crippen molar-refractivity contribution in [1.29, 1.82) is 0 Å². The molecule has 2 aromatic rings. The summed E-state index contributed by atoms with van der Waals surface area (Å²) in [7, 11) is 3.06. The fourth-order valence-corrected chi connectivity index (χ4v) is 2.65. The van der Waals surface area contributed by atoms with Crippen molar-refractivity contribution in [2.24, 2.45) is 0 Å². The summed E-state index contributed by atoms with van der Waals surface area (Å²) in [6, 6.07) is 10.9. The van der Waals surface area contributed by atoms with Crippen LogP contribution >= 0.6 is 0 Å². The lowest BCUT2D eigenvalue weighted by atomic mass is 10.1. The molecule has 2 rings (SSSR count). The third kappa shape index (κ3) is 4.75. The van der Waals surface area contributed by atoms with Crippen LogP contribution in [0.3, 0.4) is 0 Å². The van der Waals surface area contributed by atoms with Crippen LogP contribution in [-0.2, 0) is 16.0 Å². The quantitative estimate of drug-likeness (QED) is 0.744. The van der Waals surface area contributed by atoms with E-state index in [0.717, 1.165) is 23.2 Å². The highest BCUT2D eigenvalue weighted by molar-refractivity contribution is 6.08. The van der Waals surface area contributed by atoms with E-state index < -0.39 is 5.91 Å². The van der Waals surface area contributed by atoms with Crippen molar-refractivity contribution in [3.8, 4) is 11.5 Å². The van der Waals surface area contributed by atoms with Gasteiger partial charge < -0.3 is 20.1 Å². The second kappa shape index (κ2) is 8.89. The summed E-state index contributed by atoms with van der Waals surface area (Å²) in [5.41, 5.74) is 3.32. The van der Waals surface area contributed by atoms with Gasteiger partial charge in [0.05, 0.1) is 14.2 Å². The summed E-state index contributed by atoms with van der Waals surface area (Å²) < 4.78 is 10.4. The molecule has 0 aliphatic carbocycles. The van der Waals surface area contributed by atoms with Gasteiger partial charge in [0.25, 0.3) is 0 Å². The van der Waals surface area contributed by atoms with E-state index in [2.05, 4.69) is 10.6 Å². The minimum atomic E-state index is -0.402. The Kier molecular flexibility index (Phi) is 6.60. The Labute approximate surface area is 153 Å². The van der Waals surface area contributed by atoms with E-state index in [1.165, 1.54) is 14.2 Å². The summed E-state index contributed by atoms with van der Waals surface area (Å²) in [4.78, 5) is 24.4. The largest absolute Gasteiger partial charge is 0.493 e. The Morgan fingerprint density at radius 3 is 2.31 bits per heavy atom. The third-order valence-electron chi connectivity index (χ3n) is 3.99. The summed E-state index contributed by atoms with van der Waals surface area (Å²) >= 11 is 0. The first-order valence-corrected chi connectivity index (χ1v) is 8.38. The molecule has 0 atom stereocenters. The van der Waals surface area contributed by atoms with Crippen molar-refractivity contribution >= 4 is 23.2 Å². The number of rotatable bonds is 7. The molecule has 0 aliphatic rings. The van der Waals surface area contributed by atoms with Crippen LogP contribution in [0.25, 0.3) is 0 Å². The number of aryl methyl sites for hydroxylation is 2. The Morgan fingerprint density at radius 1 is 0.962 bits per heavy atom. The van der Waals surface area contributed by atoms with Crippen LogP contribution in [0, 0.1) is 6.92 Å². The van der Waals surface area contributed by atoms with Crippen molar-refractivity contribution in [2.75, 3.05) is 24.9 Å². The number of nitrogens with one attached hydrogen (secondary N) is 2. The topological polar surface area (TPSA) is 76.7 Å². The molecule has 0 saturated heterocycles. The van der Waals surface area contributed by atoms with Crippen molar-refractivity contribution in [1.82, 2.24) is 0 Å². The fourth-order valence-electron chi connectivity index (χ4n) is 2.65. The van der Waals surface area contributed by atoms with E-state index in [-0.39, 0.29) is 12.3 Å². The van der Waals surface area contributed by atoms with Crippen LogP contribution in [0.2, 0.25) is 0 Å². The van der Waals surface area contributed by atoms with Crippen LogP contribution in [0.5, 0.6) is 11.5 Å². The van der Waals surface area contributed by atoms with Crippen molar-refractivity contribution in [3.05, 3.63) is 47.5 Å². The SMILES string of the molecule is CCc1cccc(C)c1NC(=O)CC(=O)Nc1ccc(OC)c(OC)c1. The van der Waals surface area contributed by atoms with E-state index in [0.29, 0.717) is 17.2 Å². The molecule has 0 unspecified atom stereocenters. The zero-order valence-corrected chi connectivity index (χ0v) is 15.5. The molecule has 0 bridgehead atoms. The van der Waals surface area contributed by atoms with Crippen LogP contribution in [-0.4, -0.2) is 26.0 Å². The molecule has 0 radical (unpaired) electrons. The number of ether oxygens (including phenoxy) is 2. The first-order chi connectivity index (χ1) is 12.5. The normalized spacial score (nSPS) is 10.2. The maximum atomic E-state index is 12.2. The molecule has 0 aromatic heterocycles. The molecule has 6 nitrogen and oxygen atoms in total. The Balaban J connectivity index is 2.01. The lowest BCUT2D eigenvalue weighted by Crippen LogP contribution is -2.22. The Bertz CT molecular complexity index is 802. The molecule has 0 fully saturated rings. The predicted molar refractivity (Wildman–Crippen MR) is 102 cm³/mol. The van der Waals surface area contributed by atoms with Gasteiger partial charge in [-0.15, -0.1) is 0 Å². The maximum Gasteiger partial charge on any atom is 0.233 e. The molecule has 0 heterocycles. The van der Waals surface area contributed by atoms with Gasteiger partial charge in [-0.2, -0.15) is 0 Å². The number of hydrogen-bond acceptors (Lipinski definition) is 4. The molecule has 2 N–H and O–H groups in total. The van der Waals surface area contributed by atoms with Crippen LogP contribution in [0.15, 0.2) is 36.4 Å². The number of carbonyl (C=O) groups is 2. The van der Waals surface area contributed by atoms with E-state index >= 15 is 0 Å². The highest BCUT2D eigenvalue weighted by Gasteiger charge is 2.14. The number of methoxy groups -OCH3 is 2.